The maximum absolute atomic E-state index is 5.87. The SMILES string of the molecule is Cc1c(N)cccc1OCCCOc1ccc(C(C)(C)C)cc1. The van der Waals surface area contributed by atoms with E-state index in [-0.39, 0.29) is 5.41 Å². The van der Waals surface area contributed by atoms with Gasteiger partial charge in [0.1, 0.15) is 11.5 Å². The molecule has 2 N–H and O–H groups in total. The summed E-state index contributed by atoms with van der Waals surface area (Å²) in [5, 5.41) is 0. The molecule has 0 aliphatic carbocycles. The predicted molar refractivity (Wildman–Crippen MR) is 96.3 cm³/mol. The number of nitrogen functional groups attached to an aromatic ring is 1. The molecule has 2 rings (SSSR count). The molecule has 3 heteroatoms. The van der Waals surface area contributed by atoms with Crippen LogP contribution >= 0.6 is 0 Å². The highest BCUT2D eigenvalue weighted by Crippen LogP contribution is 2.25. The molecule has 0 heterocycles. The maximum Gasteiger partial charge on any atom is 0.124 e. The molecule has 0 aliphatic rings. The Labute approximate surface area is 139 Å². The lowest BCUT2D eigenvalue weighted by molar-refractivity contribution is 0.246. The highest BCUT2D eigenvalue weighted by molar-refractivity contribution is 5.53. The smallest absolute Gasteiger partial charge is 0.124 e. The quantitative estimate of drug-likeness (QED) is 0.620. The minimum Gasteiger partial charge on any atom is -0.493 e. The molecule has 0 amide bonds. The molecule has 23 heavy (non-hydrogen) atoms. The van der Waals surface area contributed by atoms with Crippen LogP contribution in [0.4, 0.5) is 5.69 Å². The minimum atomic E-state index is 0.168. The molecule has 0 saturated heterocycles. The molecule has 0 radical (unpaired) electrons. The molecule has 0 aromatic heterocycles. The Kier molecular flexibility index (Phi) is 5.54. The molecule has 0 unspecified atom stereocenters. The van der Waals surface area contributed by atoms with E-state index in [0.29, 0.717) is 13.2 Å². The summed E-state index contributed by atoms with van der Waals surface area (Å²) in [5.74, 6) is 1.75. The third kappa shape index (κ3) is 4.92. The summed E-state index contributed by atoms with van der Waals surface area (Å²) >= 11 is 0. The van der Waals surface area contributed by atoms with Gasteiger partial charge in [0.2, 0.25) is 0 Å². The van der Waals surface area contributed by atoms with Crippen LogP contribution < -0.4 is 15.2 Å². The summed E-state index contributed by atoms with van der Waals surface area (Å²) in [6.07, 6.45) is 0.829. The first-order valence-corrected chi connectivity index (χ1v) is 8.09. The molecule has 2 aromatic rings. The predicted octanol–water partition coefficient (Wildman–Crippen LogP) is 4.72. The van der Waals surface area contributed by atoms with Crippen LogP contribution in [0, 0.1) is 6.92 Å². The fraction of sp³-hybridized carbons (Fsp3) is 0.400. The fourth-order valence-corrected chi connectivity index (χ4v) is 2.27. The van der Waals surface area contributed by atoms with E-state index in [2.05, 4.69) is 32.9 Å². The molecule has 0 saturated carbocycles. The Morgan fingerprint density at radius 3 is 2.22 bits per heavy atom. The highest BCUT2D eigenvalue weighted by atomic mass is 16.5. The summed E-state index contributed by atoms with van der Waals surface area (Å²) in [4.78, 5) is 0. The van der Waals surface area contributed by atoms with Crippen LogP contribution in [-0.4, -0.2) is 13.2 Å². The van der Waals surface area contributed by atoms with Gasteiger partial charge >= 0.3 is 0 Å². The average Bonchev–Trinajstić information content (AvgIpc) is 2.50. The van der Waals surface area contributed by atoms with Crippen LogP contribution in [0.1, 0.15) is 38.3 Å². The van der Waals surface area contributed by atoms with Gasteiger partial charge in [-0.2, -0.15) is 0 Å². The molecule has 2 aromatic carbocycles. The van der Waals surface area contributed by atoms with Crippen molar-refractivity contribution in [1.29, 1.82) is 0 Å². The lowest BCUT2D eigenvalue weighted by Crippen LogP contribution is -2.10. The molecular weight excluding hydrogens is 286 g/mol. The van der Waals surface area contributed by atoms with Gasteiger partial charge in [-0.25, -0.2) is 0 Å². The lowest BCUT2D eigenvalue weighted by atomic mass is 9.87. The second kappa shape index (κ2) is 7.40. The summed E-state index contributed by atoms with van der Waals surface area (Å²) in [5.41, 5.74) is 9.10. The first-order chi connectivity index (χ1) is 10.9. The fourth-order valence-electron chi connectivity index (χ4n) is 2.27. The van der Waals surface area contributed by atoms with Gasteiger partial charge < -0.3 is 15.2 Å². The zero-order valence-electron chi connectivity index (χ0n) is 14.6. The monoisotopic (exact) mass is 313 g/mol. The van der Waals surface area contributed by atoms with Crippen molar-refractivity contribution in [1.82, 2.24) is 0 Å². The topological polar surface area (TPSA) is 44.5 Å². The number of hydrogen-bond donors (Lipinski definition) is 1. The van der Waals surface area contributed by atoms with Gasteiger partial charge in [0, 0.05) is 17.7 Å². The zero-order chi connectivity index (χ0) is 16.9. The zero-order valence-corrected chi connectivity index (χ0v) is 14.6. The summed E-state index contributed by atoms with van der Waals surface area (Å²) in [6, 6.07) is 14.0. The molecule has 0 atom stereocenters. The number of benzene rings is 2. The van der Waals surface area contributed by atoms with Gasteiger partial charge in [0.25, 0.3) is 0 Å². The Bertz CT molecular complexity index is 627. The van der Waals surface area contributed by atoms with Crippen molar-refractivity contribution in [2.24, 2.45) is 0 Å². The van der Waals surface area contributed by atoms with E-state index in [1.165, 1.54) is 5.56 Å². The van der Waals surface area contributed by atoms with Crippen LogP contribution in [0.2, 0.25) is 0 Å². The van der Waals surface area contributed by atoms with Crippen LogP contribution in [-0.2, 0) is 5.41 Å². The first kappa shape index (κ1) is 17.2. The third-order valence-electron chi connectivity index (χ3n) is 3.86. The van der Waals surface area contributed by atoms with E-state index in [1.807, 2.05) is 37.3 Å². The van der Waals surface area contributed by atoms with Gasteiger partial charge in [0.15, 0.2) is 0 Å². The number of hydrogen-bond acceptors (Lipinski definition) is 3. The molecule has 124 valence electrons. The number of anilines is 1. The number of ether oxygens (including phenoxy) is 2. The largest absolute Gasteiger partial charge is 0.493 e. The Morgan fingerprint density at radius 1 is 0.913 bits per heavy atom. The Morgan fingerprint density at radius 2 is 1.57 bits per heavy atom. The third-order valence-corrected chi connectivity index (χ3v) is 3.86. The van der Waals surface area contributed by atoms with Crippen LogP contribution in [0.5, 0.6) is 11.5 Å². The second-order valence-electron chi connectivity index (χ2n) is 6.80. The standard InChI is InChI=1S/C20H27NO2/c1-15-18(21)7-5-8-19(15)23-14-6-13-22-17-11-9-16(10-12-17)20(2,3)4/h5,7-12H,6,13-14,21H2,1-4H3. The Balaban J connectivity index is 1.74. The van der Waals surface area contributed by atoms with Crippen molar-refractivity contribution in [3.05, 3.63) is 53.6 Å². The Hall–Kier alpha value is -2.16. The normalized spacial score (nSPS) is 11.3. The number of nitrogens with two attached hydrogens (primary N) is 1. The van der Waals surface area contributed by atoms with Crippen molar-refractivity contribution < 1.29 is 9.47 Å². The van der Waals surface area contributed by atoms with Crippen LogP contribution in [0.3, 0.4) is 0 Å². The van der Waals surface area contributed by atoms with E-state index in [0.717, 1.165) is 29.2 Å². The maximum atomic E-state index is 5.87. The average molecular weight is 313 g/mol. The van der Waals surface area contributed by atoms with Crippen molar-refractivity contribution in [2.75, 3.05) is 18.9 Å². The van der Waals surface area contributed by atoms with E-state index < -0.39 is 0 Å². The molecular formula is C20H27NO2. The highest BCUT2D eigenvalue weighted by Gasteiger charge is 2.12. The molecule has 0 aliphatic heterocycles. The minimum absolute atomic E-state index is 0.168. The van der Waals surface area contributed by atoms with Gasteiger partial charge in [0.05, 0.1) is 13.2 Å². The summed E-state index contributed by atoms with van der Waals surface area (Å²) < 4.78 is 11.5. The van der Waals surface area contributed by atoms with Crippen LogP contribution in [0.15, 0.2) is 42.5 Å². The van der Waals surface area contributed by atoms with Crippen molar-refractivity contribution in [3.63, 3.8) is 0 Å². The second-order valence-corrected chi connectivity index (χ2v) is 6.80. The van der Waals surface area contributed by atoms with Crippen molar-refractivity contribution in [3.8, 4) is 11.5 Å². The molecule has 0 spiro atoms. The first-order valence-electron chi connectivity index (χ1n) is 8.09. The van der Waals surface area contributed by atoms with E-state index in [1.54, 1.807) is 0 Å². The van der Waals surface area contributed by atoms with E-state index in [9.17, 15) is 0 Å². The van der Waals surface area contributed by atoms with Gasteiger partial charge in [-0.3, -0.25) is 0 Å². The van der Waals surface area contributed by atoms with Crippen molar-refractivity contribution in [2.45, 2.75) is 39.5 Å². The van der Waals surface area contributed by atoms with Gasteiger partial charge in [-0.05, 0) is 42.2 Å². The van der Waals surface area contributed by atoms with E-state index in [4.69, 9.17) is 15.2 Å². The molecule has 0 bridgehead atoms. The molecule has 0 fully saturated rings. The number of rotatable bonds is 6. The van der Waals surface area contributed by atoms with E-state index >= 15 is 0 Å². The van der Waals surface area contributed by atoms with Gasteiger partial charge in [-0.1, -0.05) is 39.0 Å². The molecule has 3 nitrogen and oxygen atoms in total. The van der Waals surface area contributed by atoms with Crippen molar-refractivity contribution >= 4 is 5.69 Å². The van der Waals surface area contributed by atoms with Gasteiger partial charge in [-0.15, -0.1) is 0 Å². The lowest BCUT2D eigenvalue weighted by Gasteiger charge is -2.19. The van der Waals surface area contributed by atoms with Crippen LogP contribution in [0.25, 0.3) is 0 Å². The summed E-state index contributed by atoms with van der Waals surface area (Å²) in [6.45, 7) is 9.84. The summed E-state index contributed by atoms with van der Waals surface area (Å²) in [7, 11) is 0.